The molecule has 0 radical (unpaired) electrons. The van der Waals surface area contributed by atoms with Crippen LogP contribution in [0.1, 0.15) is 64.0 Å². The van der Waals surface area contributed by atoms with E-state index in [2.05, 4.69) is 0 Å². The van der Waals surface area contributed by atoms with E-state index < -0.39 is 11.4 Å². The van der Waals surface area contributed by atoms with Crippen LogP contribution in [0.5, 0.6) is 0 Å². The van der Waals surface area contributed by atoms with E-state index in [4.69, 9.17) is 4.74 Å². The first-order chi connectivity index (χ1) is 13.2. The molecule has 0 aliphatic carbocycles. The molecule has 2 atom stereocenters. The first kappa shape index (κ1) is 20.3. The number of fused-ring (bicyclic) bond motifs is 2. The number of hydrogen-bond acceptors (Lipinski definition) is 4. The monoisotopic (exact) mass is 386 g/mol. The average molecular weight is 386 g/mol. The third-order valence-electron chi connectivity index (χ3n) is 5.59. The molecule has 0 saturated carbocycles. The van der Waals surface area contributed by atoms with E-state index >= 15 is 0 Å². The Labute approximate surface area is 165 Å². The Kier molecular flexibility index (Phi) is 5.74. The van der Waals surface area contributed by atoms with E-state index in [1.165, 1.54) is 18.2 Å². The number of carbonyl (C=O) groups excluding carboxylic acids is 2. The number of hydrogen-bond donors (Lipinski definition) is 0. The van der Waals surface area contributed by atoms with E-state index in [-0.39, 0.29) is 36.3 Å². The van der Waals surface area contributed by atoms with Crippen molar-refractivity contribution in [3.63, 3.8) is 0 Å². The van der Waals surface area contributed by atoms with E-state index in [9.17, 15) is 19.2 Å². The van der Waals surface area contributed by atoms with Gasteiger partial charge in [0.15, 0.2) is 0 Å². The van der Waals surface area contributed by atoms with Gasteiger partial charge in [0.05, 0.1) is 11.6 Å². The van der Waals surface area contributed by atoms with Gasteiger partial charge in [-0.1, -0.05) is 0 Å². The van der Waals surface area contributed by atoms with Crippen molar-refractivity contribution < 1.29 is 18.7 Å². The topological polar surface area (TPSA) is 70.4 Å². The Hall–Kier alpha value is -2.42. The highest BCUT2D eigenvalue weighted by molar-refractivity contribution is 5.84. The van der Waals surface area contributed by atoms with Crippen LogP contribution in [0.2, 0.25) is 0 Å². The Morgan fingerprint density at radius 3 is 2.46 bits per heavy atom. The molecule has 5 nitrogen and oxygen atoms in total. The van der Waals surface area contributed by atoms with Gasteiger partial charge < -0.3 is 9.64 Å². The van der Waals surface area contributed by atoms with Crippen LogP contribution in [0.4, 0.5) is 9.18 Å². The highest BCUT2D eigenvalue weighted by Crippen LogP contribution is 2.38. The normalized spacial score (nSPS) is 24.4. The standard InChI is InChI=1S/C22H27FN2O3/c1-22(2,3)28-21(27)25-18-5-4-6-19(25)11-16(10-18)20(26)12-15-9-17(23)8-7-14(15)13-24/h7-9,16,18-19H,4-6,10-12H2,1-3H3. The predicted octanol–water partition coefficient (Wildman–Crippen LogP) is 4.38. The van der Waals surface area contributed by atoms with Gasteiger partial charge in [-0.15, -0.1) is 0 Å². The average Bonchev–Trinajstić information content (AvgIpc) is 2.59. The molecule has 2 saturated heterocycles. The summed E-state index contributed by atoms with van der Waals surface area (Å²) >= 11 is 0. The van der Waals surface area contributed by atoms with Crippen molar-refractivity contribution >= 4 is 11.9 Å². The smallest absolute Gasteiger partial charge is 0.410 e. The largest absolute Gasteiger partial charge is 0.444 e. The summed E-state index contributed by atoms with van der Waals surface area (Å²) in [7, 11) is 0. The molecular weight excluding hydrogens is 359 g/mol. The van der Waals surface area contributed by atoms with E-state index in [1.807, 2.05) is 31.7 Å². The van der Waals surface area contributed by atoms with Crippen molar-refractivity contribution in [1.29, 1.82) is 5.26 Å². The first-order valence-electron chi connectivity index (χ1n) is 9.90. The van der Waals surface area contributed by atoms with E-state index in [0.717, 1.165) is 19.3 Å². The molecule has 2 bridgehead atoms. The Morgan fingerprint density at radius 2 is 1.89 bits per heavy atom. The quantitative estimate of drug-likeness (QED) is 0.773. The first-order valence-corrected chi connectivity index (χ1v) is 9.90. The second-order valence-electron chi connectivity index (χ2n) is 8.85. The van der Waals surface area contributed by atoms with Crippen LogP contribution < -0.4 is 0 Å². The lowest BCUT2D eigenvalue weighted by Gasteiger charge is -2.48. The van der Waals surface area contributed by atoms with Gasteiger partial charge in [-0.2, -0.15) is 5.26 Å². The van der Waals surface area contributed by atoms with Gasteiger partial charge in [-0.25, -0.2) is 9.18 Å². The summed E-state index contributed by atoms with van der Waals surface area (Å²) < 4.78 is 19.1. The van der Waals surface area contributed by atoms with Gasteiger partial charge in [0.1, 0.15) is 17.2 Å². The minimum absolute atomic E-state index is 0.000698. The molecule has 2 unspecified atom stereocenters. The molecule has 2 heterocycles. The lowest BCUT2D eigenvalue weighted by molar-refractivity contribution is -0.126. The maximum absolute atomic E-state index is 13.6. The summed E-state index contributed by atoms with van der Waals surface area (Å²) in [5.41, 5.74) is 0.219. The van der Waals surface area contributed by atoms with Crippen molar-refractivity contribution in [1.82, 2.24) is 4.90 Å². The Balaban J connectivity index is 1.72. The van der Waals surface area contributed by atoms with Gasteiger partial charge in [0, 0.05) is 24.4 Å². The van der Waals surface area contributed by atoms with Crippen molar-refractivity contribution in [3.05, 3.63) is 35.1 Å². The van der Waals surface area contributed by atoms with Crippen LogP contribution in [-0.2, 0) is 16.0 Å². The van der Waals surface area contributed by atoms with Crippen LogP contribution >= 0.6 is 0 Å². The molecule has 1 amide bonds. The third kappa shape index (κ3) is 4.52. The van der Waals surface area contributed by atoms with E-state index in [0.29, 0.717) is 24.0 Å². The number of ether oxygens (including phenoxy) is 1. The fraction of sp³-hybridized carbons (Fsp3) is 0.591. The third-order valence-corrected chi connectivity index (χ3v) is 5.59. The second kappa shape index (κ2) is 7.90. The van der Waals surface area contributed by atoms with Gasteiger partial charge in [0.25, 0.3) is 0 Å². The number of nitriles is 1. The number of amides is 1. The van der Waals surface area contributed by atoms with Crippen molar-refractivity contribution in [2.24, 2.45) is 5.92 Å². The number of carbonyl (C=O) groups is 2. The molecule has 2 fully saturated rings. The number of piperidine rings is 2. The molecule has 0 spiro atoms. The molecule has 1 aromatic rings. The van der Waals surface area contributed by atoms with Gasteiger partial charge in [-0.05, 0) is 76.6 Å². The second-order valence-corrected chi connectivity index (χ2v) is 8.85. The highest BCUT2D eigenvalue weighted by atomic mass is 19.1. The minimum atomic E-state index is -0.552. The summed E-state index contributed by atoms with van der Waals surface area (Å²) in [6.07, 6.45) is 3.73. The SMILES string of the molecule is CC(C)(C)OC(=O)N1C2CCCC1CC(C(=O)Cc1cc(F)ccc1C#N)C2. The molecule has 1 aromatic carbocycles. The summed E-state index contributed by atoms with van der Waals surface area (Å²) in [4.78, 5) is 27.4. The molecule has 6 heteroatoms. The zero-order chi connectivity index (χ0) is 20.5. The van der Waals surface area contributed by atoms with Crippen molar-refractivity contribution in [2.45, 2.75) is 77.0 Å². The summed E-state index contributed by atoms with van der Waals surface area (Å²) in [5, 5.41) is 9.21. The number of benzene rings is 1. The lowest BCUT2D eigenvalue weighted by atomic mass is 9.76. The summed E-state index contributed by atoms with van der Waals surface area (Å²) in [5.74, 6) is -0.606. The van der Waals surface area contributed by atoms with Crippen LogP contribution in [0, 0.1) is 23.1 Å². The molecule has 28 heavy (non-hydrogen) atoms. The van der Waals surface area contributed by atoms with Crippen molar-refractivity contribution in [2.75, 3.05) is 0 Å². The fourth-order valence-electron chi connectivity index (χ4n) is 4.41. The van der Waals surface area contributed by atoms with Gasteiger partial charge in [0.2, 0.25) is 0 Å². The number of rotatable bonds is 3. The zero-order valence-corrected chi connectivity index (χ0v) is 16.7. The highest BCUT2D eigenvalue weighted by Gasteiger charge is 2.44. The number of nitrogens with zero attached hydrogens (tertiary/aromatic N) is 2. The fourth-order valence-corrected chi connectivity index (χ4v) is 4.41. The van der Waals surface area contributed by atoms with Crippen LogP contribution in [0.25, 0.3) is 0 Å². The molecule has 150 valence electrons. The summed E-state index contributed by atoms with van der Waals surface area (Å²) in [6.45, 7) is 5.55. The predicted molar refractivity (Wildman–Crippen MR) is 102 cm³/mol. The molecule has 2 aliphatic heterocycles. The van der Waals surface area contributed by atoms with Crippen LogP contribution in [0.15, 0.2) is 18.2 Å². The lowest BCUT2D eigenvalue weighted by Crippen LogP contribution is -2.56. The van der Waals surface area contributed by atoms with Gasteiger partial charge in [-0.3, -0.25) is 4.79 Å². The zero-order valence-electron chi connectivity index (χ0n) is 16.7. The van der Waals surface area contributed by atoms with Crippen LogP contribution in [0.3, 0.4) is 0 Å². The molecule has 2 aliphatic rings. The number of halogens is 1. The van der Waals surface area contributed by atoms with Crippen LogP contribution in [-0.4, -0.2) is 34.5 Å². The molecule has 0 aromatic heterocycles. The molecular formula is C22H27FN2O3. The van der Waals surface area contributed by atoms with Gasteiger partial charge >= 0.3 is 6.09 Å². The molecule has 3 rings (SSSR count). The Bertz CT molecular complexity index is 795. The van der Waals surface area contributed by atoms with Crippen molar-refractivity contribution in [3.8, 4) is 6.07 Å². The number of ketones is 1. The van der Waals surface area contributed by atoms with E-state index in [1.54, 1.807) is 0 Å². The number of Topliss-reactive ketones (excluding diaryl/α,β-unsaturated/α-hetero) is 1. The Morgan fingerprint density at radius 1 is 1.25 bits per heavy atom. The minimum Gasteiger partial charge on any atom is -0.444 e. The molecule has 0 N–H and O–H groups in total. The maximum atomic E-state index is 13.6. The summed E-state index contributed by atoms with van der Waals surface area (Å²) in [6, 6.07) is 5.94. The maximum Gasteiger partial charge on any atom is 0.410 e.